The molecule has 0 spiro atoms. The van der Waals surface area contributed by atoms with E-state index in [9.17, 15) is 18.0 Å². The number of carbonyl (C=O) groups excluding carboxylic acids is 2. The maximum Gasteiger partial charge on any atom is 0.340 e. The highest BCUT2D eigenvalue weighted by Gasteiger charge is 2.32. The number of aromatic nitrogens is 1. The van der Waals surface area contributed by atoms with Crippen LogP contribution in [-0.2, 0) is 21.2 Å². The fourth-order valence-electron chi connectivity index (χ4n) is 3.81. The Bertz CT molecular complexity index is 1230. The lowest BCUT2D eigenvalue weighted by atomic mass is 10.0. The first-order valence-corrected chi connectivity index (χ1v) is 11.0. The standard InChI is InChI=1S/C21H20N2O5S/c1-13-9-15-10-14(7-8-19(15)23(13)29(2,26)27)20(24)12-28-21(25)17-11-22-18-6-4-3-5-16(17)18/h3-8,10-11,13,22H,9,12H2,1-2H3/t13-/m1/s1. The van der Waals surface area contributed by atoms with Crippen molar-refractivity contribution in [3.05, 3.63) is 65.4 Å². The molecule has 0 saturated carbocycles. The maximum absolute atomic E-state index is 12.5. The molecule has 0 bridgehead atoms. The number of rotatable bonds is 5. The van der Waals surface area contributed by atoms with Crippen LogP contribution in [0.25, 0.3) is 10.9 Å². The summed E-state index contributed by atoms with van der Waals surface area (Å²) in [5, 5.41) is 0.734. The van der Waals surface area contributed by atoms with Crippen molar-refractivity contribution < 1.29 is 22.7 Å². The van der Waals surface area contributed by atoms with Crippen LogP contribution in [0.2, 0.25) is 0 Å². The number of hydrogen-bond acceptors (Lipinski definition) is 5. The van der Waals surface area contributed by atoms with Crippen LogP contribution in [0.5, 0.6) is 0 Å². The summed E-state index contributed by atoms with van der Waals surface area (Å²) < 4.78 is 30.6. The van der Waals surface area contributed by atoms with Gasteiger partial charge in [0.05, 0.1) is 17.5 Å². The Hall–Kier alpha value is -3.13. The molecule has 150 valence electrons. The van der Waals surface area contributed by atoms with Crippen molar-refractivity contribution in [2.45, 2.75) is 19.4 Å². The minimum absolute atomic E-state index is 0.204. The second kappa shape index (κ2) is 7.04. The van der Waals surface area contributed by atoms with Crippen LogP contribution < -0.4 is 4.31 Å². The van der Waals surface area contributed by atoms with Crippen LogP contribution in [0, 0.1) is 0 Å². The van der Waals surface area contributed by atoms with Gasteiger partial charge in [-0.25, -0.2) is 13.2 Å². The van der Waals surface area contributed by atoms with E-state index in [1.54, 1.807) is 30.5 Å². The van der Waals surface area contributed by atoms with Gasteiger partial charge in [0, 0.05) is 28.7 Å². The number of benzene rings is 2. The van der Waals surface area contributed by atoms with Gasteiger partial charge in [0.1, 0.15) is 0 Å². The summed E-state index contributed by atoms with van der Waals surface area (Å²) in [6.07, 6.45) is 3.26. The van der Waals surface area contributed by atoms with Crippen LogP contribution in [0.4, 0.5) is 5.69 Å². The van der Waals surface area contributed by atoms with Crippen molar-refractivity contribution in [3.8, 4) is 0 Å². The molecule has 0 fully saturated rings. The Kier molecular flexibility index (Phi) is 4.66. The SMILES string of the molecule is C[C@@H]1Cc2cc(C(=O)COC(=O)c3c[nH]c4ccccc34)ccc2N1S(C)(=O)=O. The average molecular weight is 412 g/mol. The molecule has 0 unspecified atom stereocenters. The van der Waals surface area contributed by atoms with Gasteiger partial charge in [-0.1, -0.05) is 18.2 Å². The fraction of sp³-hybridized carbons (Fsp3) is 0.238. The molecule has 2 aromatic carbocycles. The molecule has 4 rings (SSSR count). The number of hydrogen-bond donors (Lipinski definition) is 1. The van der Waals surface area contributed by atoms with Crippen molar-refractivity contribution in [1.82, 2.24) is 4.98 Å². The molecule has 1 aliphatic rings. The molecule has 1 aliphatic heterocycles. The number of fused-ring (bicyclic) bond motifs is 2. The largest absolute Gasteiger partial charge is 0.454 e. The van der Waals surface area contributed by atoms with Gasteiger partial charge in [0.2, 0.25) is 10.0 Å². The van der Waals surface area contributed by atoms with Gasteiger partial charge in [0.15, 0.2) is 12.4 Å². The number of para-hydroxylation sites is 1. The molecule has 2 heterocycles. The van der Waals surface area contributed by atoms with E-state index >= 15 is 0 Å². The number of nitrogens with zero attached hydrogens (tertiary/aromatic N) is 1. The van der Waals surface area contributed by atoms with E-state index in [1.165, 1.54) is 10.6 Å². The Labute approximate surface area is 168 Å². The number of ether oxygens (including phenoxy) is 1. The summed E-state index contributed by atoms with van der Waals surface area (Å²) in [4.78, 5) is 27.9. The third-order valence-corrected chi connectivity index (χ3v) is 6.33. The van der Waals surface area contributed by atoms with Crippen molar-refractivity contribution in [3.63, 3.8) is 0 Å². The molecule has 7 nitrogen and oxygen atoms in total. The lowest BCUT2D eigenvalue weighted by molar-refractivity contribution is 0.0476. The number of Topliss-reactive ketones (excluding diaryl/α,β-unsaturated/α-hetero) is 1. The third-order valence-electron chi connectivity index (χ3n) is 5.06. The first kappa shape index (κ1) is 19.2. The summed E-state index contributed by atoms with van der Waals surface area (Å²) in [5.41, 5.74) is 2.95. The van der Waals surface area contributed by atoms with Crippen molar-refractivity contribution in [1.29, 1.82) is 0 Å². The lowest BCUT2D eigenvalue weighted by Crippen LogP contribution is -2.34. The summed E-state index contributed by atoms with van der Waals surface area (Å²) in [6.45, 7) is 1.44. The van der Waals surface area contributed by atoms with Crippen LogP contribution >= 0.6 is 0 Å². The molecule has 8 heteroatoms. The van der Waals surface area contributed by atoms with Crippen LogP contribution in [0.15, 0.2) is 48.7 Å². The Morgan fingerprint density at radius 2 is 1.97 bits per heavy atom. The molecule has 0 radical (unpaired) electrons. The third kappa shape index (κ3) is 3.51. The fourth-order valence-corrected chi connectivity index (χ4v) is 5.08. The highest BCUT2D eigenvalue weighted by Crippen LogP contribution is 2.34. The number of ketones is 1. The zero-order chi connectivity index (χ0) is 20.8. The second-order valence-corrected chi connectivity index (χ2v) is 9.06. The second-order valence-electron chi connectivity index (χ2n) is 7.20. The van der Waals surface area contributed by atoms with E-state index in [-0.39, 0.29) is 18.4 Å². The monoisotopic (exact) mass is 412 g/mol. The number of sulfonamides is 1. The molecular weight excluding hydrogens is 392 g/mol. The predicted molar refractivity (Wildman–Crippen MR) is 110 cm³/mol. The van der Waals surface area contributed by atoms with Gasteiger partial charge in [-0.15, -0.1) is 0 Å². The number of H-pyrrole nitrogens is 1. The van der Waals surface area contributed by atoms with Gasteiger partial charge < -0.3 is 9.72 Å². The zero-order valence-corrected chi connectivity index (χ0v) is 16.8. The molecule has 29 heavy (non-hydrogen) atoms. The molecule has 1 atom stereocenters. The molecule has 0 saturated heterocycles. The zero-order valence-electron chi connectivity index (χ0n) is 16.0. The Balaban J connectivity index is 1.49. The van der Waals surface area contributed by atoms with Crippen molar-refractivity contribution >= 4 is 38.4 Å². The van der Waals surface area contributed by atoms with Crippen LogP contribution in [0.3, 0.4) is 0 Å². The molecule has 0 amide bonds. The maximum atomic E-state index is 12.5. The van der Waals surface area contributed by atoms with E-state index in [0.29, 0.717) is 23.2 Å². The number of esters is 1. The summed E-state index contributed by atoms with van der Waals surface area (Å²) in [7, 11) is -3.39. The highest BCUT2D eigenvalue weighted by molar-refractivity contribution is 7.92. The van der Waals surface area contributed by atoms with Gasteiger partial charge >= 0.3 is 5.97 Å². The van der Waals surface area contributed by atoms with E-state index in [2.05, 4.69) is 4.98 Å². The normalized spacial score (nSPS) is 16.1. The highest BCUT2D eigenvalue weighted by atomic mass is 32.2. The molecule has 0 aliphatic carbocycles. The summed E-state index contributed by atoms with van der Waals surface area (Å²) in [5.74, 6) is -0.916. The summed E-state index contributed by atoms with van der Waals surface area (Å²) in [6, 6.07) is 12.0. The smallest absolute Gasteiger partial charge is 0.340 e. The Morgan fingerprint density at radius 3 is 2.72 bits per heavy atom. The van der Waals surface area contributed by atoms with E-state index in [1.807, 2.05) is 25.1 Å². The number of aromatic amines is 1. The van der Waals surface area contributed by atoms with Crippen molar-refractivity contribution in [2.75, 3.05) is 17.2 Å². The van der Waals surface area contributed by atoms with E-state index < -0.39 is 16.0 Å². The van der Waals surface area contributed by atoms with E-state index in [0.717, 1.165) is 16.5 Å². The number of carbonyl (C=O) groups is 2. The van der Waals surface area contributed by atoms with Gasteiger partial charge in [-0.3, -0.25) is 9.10 Å². The quantitative estimate of drug-likeness (QED) is 0.513. The minimum Gasteiger partial charge on any atom is -0.454 e. The summed E-state index contributed by atoms with van der Waals surface area (Å²) >= 11 is 0. The van der Waals surface area contributed by atoms with Gasteiger partial charge in [-0.05, 0) is 43.2 Å². The Morgan fingerprint density at radius 1 is 1.21 bits per heavy atom. The van der Waals surface area contributed by atoms with E-state index in [4.69, 9.17) is 4.74 Å². The molecule has 3 aromatic rings. The number of nitrogens with one attached hydrogen (secondary N) is 1. The average Bonchev–Trinajstić information content (AvgIpc) is 3.24. The van der Waals surface area contributed by atoms with Gasteiger partial charge in [0.25, 0.3) is 0 Å². The van der Waals surface area contributed by atoms with Crippen LogP contribution in [-0.4, -0.2) is 44.1 Å². The predicted octanol–water partition coefficient (Wildman–Crippen LogP) is 2.92. The van der Waals surface area contributed by atoms with Crippen LogP contribution in [0.1, 0.15) is 33.2 Å². The number of anilines is 1. The first-order valence-electron chi connectivity index (χ1n) is 9.14. The molecule has 1 aromatic heterocycles. The first-order chi connectivity index (χ1) is 13.8. The minimum atomic E-state index is -3.39. The molecule has 1 N–H and O–H groups in total. The topological polar surface area (TPSA) is 96.5 Å². The lowest BCUT2D eigenvalue weighted by Gasteiger charge is -2.21. The van der Waals surface area contributed by atoms with Crippen molar-refractivity contribution in [2.24, 2.45) is 0 Å². The van der Waals surface area contributed by atoms with Gasteiger partial charge in [-0.2, -0.15) is 0 Å². The molecular formula is C21H20N2O5S.